The van der Waals surface area contributed by atoms with Crippen LogP contribution in [0.25, 0.3) is 0 Å². The molecule has 17 heavy (non-hydrogen) atoms. The second kappa shape index (κ2) is 5.00. The van der Waals surface area contributed by atoms with E-state index in [-0.39, 0.29) is 6.54 Å². The third kappa shape index (κ3) is 2.94. The largest absolute Gasteiger partial charge is 0.497 e. The van der Waals surface area contributed by atoms with Crippen LogP contribution in [0.4, 0.5) is 8.78 Å². The monoisotopic (exact) mass is 241 g/mol. The lowest BCUT2D eigenvalue weighted by Crippen LogP contribution is -2.46. The van der Waals surface area contributed by atoms with Crippen molar-refractivity contribution in [2.75, 3.05) is 20.2 Å². The lowest BCUT2D eigenvalue weighted by Gasteiger charge is -2.32. The SMILES string of the molecule is COc1ccc(CC2CCNCC2(F)F)cc1. The number of hydrogen-bond donors (Lipinski definition) is 1. The molecule has 1 fully saturated rings. The van der Waals surface area contributed by atoms with E-state index in [0.29, 0.717) is 19.4 Å². The number of hydrogen-bond acceptors (Lipinski definition) is 2. The maximum Gasteiger partial charge on any atom is 0.263 e. The van der Waals surface area contributed by atoms with Gasteiger partial charge in [0, 0.05) is 5.92 Å². The Bertz CT molecular complexity index is 364. The summed E-state index contributed by atoms with van der Waals surface area (Å²) in [5, 5.41) is 2.74. The quantitative estimate of drug-likeness (QED) is 0.877. The Kier molecular flexibility index (Phi) is 3.62. The standard InChI is InChI=1S/C13H17F2NO/c1-17-12-4-2-10(3-5-12)8-11-6-7-16-9-13(11,14)15/h2-5,11,16H,6-9H2,1H3. The van der Waals surface area contributed by atoms with Crippen molar-refractivity contribution < 1.29 is 13.5 Å². The molecule has 1 saturated heterocycles. The first-order valence-corrected chi connectivity index (χ1v) is 5.83. The lowest BCUT2D eigenvalue weighted by molar-refractivity contribution is -0.0727. The molecule has 0 bridgehead atoms. The van der Waals surface area contributed by atoms with Crippen LogP contribution in [0.2, 0.25) is 0 Å². The van der Waals surface area contributed by atoms with Crippen LogP contribution >= 0.6 is 0 Å². The summed E-state index contributed by atoms with van der Waals surface area (Å²) in [5.41, 5.74) is 0.942. The van der Waals surface area contributed by atoms with E-state index in [1.54, 1.807) is 7.11 Å². The van der Waals surface area contributed by atoms with Gasteiger partial charge >= 0.3 is 0 Å². The fourth-order valence-corrected chi connectivity index (χ4v) is 2.18. The van der Waals surface area contributed by atoms with Gasteiger partial charge in [0.25, 0.3) is 5.92 Å². The molecule has 94 valence electrons. The first-order chi connectivity index (χ1) is 8.12. The van der Waals surface area contributed by atoms with Gasteiger partial charge in [-0.1, -0.05) is 12.1 Å². The third-order valence-corrected chi connectivity index (χ3v) is 3.27. The number of benzene rings is 1. The van der Waals surface area contributed by atoms with Gasteiger partial charge in [0.15, 0.2) is 0 Å². The summed E-state index contributed by atoms with van der Waals surface area (Å²) >= 11 is 0. The molecule has 0 saturated carbocycles. The molecule has 1 N–H and O–H groups in total. The summed E-state index contributed by atoms with van der Waals surface area (Å²) in [6, 6.07) is 7.34. The molecule has 0 aliphatic carbocycles. The fraction of sp³-hybridized carbons (Fsp3) is 0.538. The zero-order valence-corrected chi connectivity index (χ0v) is 9.88. The Labute approximate surface area is 100.0 Å². The van der Waals surface area contributed by atoms with Gasteiger partial charge in [0.2, 0.25) is 0 Å². The summed E-state index contributed by atoms with van der Waals surface area (Å²) in [5.74, 6) is -2.40. The summed E-state index contributed by atoms with van der Waals surface area (Å²) in [6.07, 6.45) is 0.956. The first-order valence-electron chi connectivity index (χ1n) is 5.83. The number of ether oxygens (including phenoxy) is 1. The van der Waals surface area contributed by atoms with Gasteiger partial charge in [-0.25, -0.2) is 8.78 Å². The molecule has 2 rings (SSSR count). The number of piperidine rings is 1. The van der Waals surface area contributed by atoms with Crippen molar-refractivity contribution in [3.63, 3.8) is 0 Å². The maximum atomic E-state index is 13.6. The summed E-state index contributed by atoms with van der Waals surface area (Å²) in [6.45, 7) is 0.476. The number of rotatable bonds is 3. The van der Waals surface area contributed by atoms with E-state index in [1.165, 1.54) is 0 Å². The van der Waals surface area contributed by atoms with Crippen molar-refractivity contribution in [3.8, 4) is 5.75 Å². The van der Waals surface area contributed by atoms with Crippen LogP contribution in [0.5, 0.6) is 5.75 Å². The average molecular weight is 241 g/mol. The van der Waals surface area contributed by atoms with Gasteiger partial charge in [-0.05, 0) is 37.1 Å². The molecular weight excluding hydrogens is 224 g/mol. The fourth-order valence-electron chi connectivity index (χ4n) is 2.18. The minimum absolute atomic E-state index is 0.201. The van der Waals surface area contributed by atoms with Crippen LogP contribution in [0.1, 0.15) is 12.0 Å². The van der Waals surface area contributed by atoms with Crippen molar-refractivity contribution in [2.45, 2.75) is 18.8 Å². The zero-order valence-electron chi connectivity index (χ0n) is 9.88. The van der Waals surface area contributed by atoms with Gasteiger partial charge in [-0.2, -0.15) is 0 Å². The Balaban J connectivity index is 2.03. The van der Waals surface area contributed by atoms with Crippen molar-refractivity contribution in [1.82, 2.24) is 5.32 Å². The zero-order chi connectivity index (χ0) is 12.3. The van der Waals surface area contributed by atoms with E-state index in [9.17, 15) is 8.78 Å². The number of alkyl halides is 2. The van der Waals surface area contributed by atoms with Crippen LogP contribution in [-0.4, -0.2) is 26.1 Å². The molecule has 0 spiro atoms. The highest BCUT2D eigenvalue weighted by Crippen LogP contribution is 2.32. The second-order valence-corrected chi connectivity index (χ2v) is 4.48. The van der Waals surface area contributed by atoms with Crippen molar-refractivity contribution in [3.05, 3.63) is 29.8 Å². The molecule has 1 heterocycles. The molecule has 1 aromatic rings. The highest BCUT2D eigenvalue weighted by Gasteiger charge is 2.41. The number of nitrogens with one attached hydrogen (secondary N) is 1. The minimum Gasteiger partial charge on any atom is -0.497 e. The van der Waals surface area contributed by atoms with E-state index < -0.39 is 11.8 Å². The van der Waals surface area contributed by atoms with E-state index in [2.05, 4.69) is 5.32 Å². The molecule has 0 aromatic heterocycles. The van der Waals surface area contributed by atoms with Crippen molar-refractivity contribution in [1.29, 1.82) is 0 Å². The third-order valence-electron chi connectivity index (χ3n) is 3.27. The van der Waals surface area contributed by atoms with Gasteiger partial charge in [-0.15, -0.1) is 0 Å². The van der Waals surface area contributed by atoms with Crippen molar-refractivity contribution in [2.24, 2.45) is 5.92 Å². The van der Waals surface area contributed by atoms with E-state index in [1.807, 2.05) is 24.3 Å². The van der Waals surface area contributed by atoms with Crippen LogP contribution in [0.15, 0.2) is 24.3 Å². The summed E-state index contributed by atoms with van der Waals surface area (Å²) < 4.78 is 32.3. The van der Waals surface area contributed by atoms with Crippen LogP contribution in [-0.2, 0) is 6.42 Å². The van der Waals surface area contributed by atoms with Crippen LogP contribution in [0.3, 0.4) is 0 Å². The molecule has 1 unspecified atom stereocenters. The van der Waals surface area contributed by atoms with E-state index >= 15 is 0 Å². The molecule has 4 heteroatoms. The predicted molar refractivity (Wildman–Crippen MR) is 62.6 cm³/mol. The minimum atomic E-state index is -2.60. The molecule has 2 nitrogen and oxygen atoms in total. The van der Waals surface area contributed by atoms with Crippen LogP contribution in [0, 0.1) is 5.92 Å². The Morgan fingerprint density at radius 2 is 2.06 bits per heavy atom. The van der Waals surface area contributed by atoms with Crippen LogP contribution < -0.4 is 10.1 Å². The molecule has 0 radical (unpaired) electrons. The topological polar surface area (TPSA) is 21.3 Å². The van der Waals surface area contributed by atoms with Gasteiger partial charge in [-0.3, -0.25) is 0 Å². The molecule has 1 aromatic carbocycles. The predicted octanol–water partition coefficient (Wildman–Crippen LogP) is 2.48. The molecule has 0 amide bonds. The van der Waals surface area contributed by atoms with Crippen molar-refractivity contribution >= 4 is 0 Å². The maximum absolute atomic E-state index is 13.6. The number of methoxy groups -OCH3 is 1. The summed E-state index contributed by atoms with van der Waals surface area (Å²) in [7, 11) is 1.59. The average Bonchev–Trinajstić information content (AvgIpc) is 2.33. The van der Waals surface area contributed by atoms with Gasteiger partial charge in [0.05, 0.1) is 13.7 Å². The summed E-state index contributed by atoms with van der Waals surface area (Å²) in [4.78, 5) is 0. The highest BCUT2D eigenvalue weighted by atomic mass is 19.3. The Morgan fingerprint density at radius 1 is 1.35 bits per heavy atom. The number of halogens is 2. The molecule has 1 aliphatic heterocycles. The normalized spacial score (nSPS) is 23.4. The first kappa shape index (κ1) is 12.3. The molecule has 1 atom stereocenters. The van der Waals surface area contributed by atoms with Gasteiger partial charge < -0.3 is 10.1 Å². The van der Waals surface area contributed by atoms with Gasteiger partial charge in [0.1, 0.15) is 5.75 Å². The van der Waals surface area contributed by atoms with E-state index in [0.717, 1.165) is 11.3 Å². The van der Waals surface area contributed by atoms with E-state index in [4.69, 9.17) is 4.74 Å². The smallest absolute Gasteiger partial charge is 0.263 e. The highest BCUT2D eigenvalue weighted by molar-refractivity contribution is 5.27. The second-order valence-electron chi connectivity index (χ2n) is 4.48. The molecule has 1 aliphatic rings. The lowest BCUT2D eigenvalue weighted by atomic mass is 9.88. The molecular formula is C13H17F2NO. The Morgan fingerprint density at radius 3 is 2.65 bits per heavy atom. The Hall–Kier alpha value is -1.16.